The predicted octanol–water partition coefficient (Wildman–Crippen LogP) is 4.36. The number of nitrogens with zero attached hydrogens (tertiary/aromatic N) is 2. The summed E-state index contributed by atoms with van der Waals surface area (Å²) in [7, 11) is 3.13. The van der Waals surface area contributed by atoms with Crippen molar-refractivity contribution in [3.8, 4) is 11.5 Å². The van der Waals surface area contributed by atoms with Crippen LogP contribution in [-0.4, -0.2) is 36.7 Å². The molecule has 2 heterocycles. The third kappa shape index (κ3) is 4.72. The third-order valence-corrected chi connectivity index (χ3v) is 5.83. The van der Waals surface area contributed by atoms with Crippen molar-refractivity contribution in [1.82, 2.24) is 9.88 Å². The molecule has 30 heavy (non-hydrogen) atoms. The number of carbonyl (C=O) groups is 1. The Labute approximate surface area is 179 Å². The molecule has 1 aliphatic rings. The minimum atomic E-state index is -0.369. The van der Waals surface area contributed by atoms with Crippen molar-refractivity contribution in [2.45, 2.75) is 19.5 Å². The van der Waals surface area contributed by atoms with Gasteiger partial charge in [-0.15, -0.1) is 11.3 Å². The summed E-state index contributed by atoms with van der Waals surface area (Å²) in [6, 6.07) is 13.4. The topological polar surface area (TPSA) is 75.7 Å². The Kier molecular flexibility index (Phi) is 6.15. The van der Waals surface area contributed by atoms with E-state index in [1.54, 1.807) is 32.4 Å². The number of benzene rings is 2. The van der Waals surface area contributed by atoms with Gasteiger partial charge in [-0.25, -0.2) is 9.78 Å². The van der Waals surface area contributed by atoms with Crippen LogP contribution in [0.5, 0.6) is 11.5 Å². The molecule has 2 N–H and O–H groups in total. The van der Waals surface area contributed by atoms with Crippen molar-refractivity contribution in [2.75, 3.05) is 31.4 Å². The molecule has 0 bridgehead atoms. The maximum Gasteiger partial charge on any atom is 0.325 e. The van der Waals surface area contributed by atoms with Crippen molar-refractivity contribution in [3.63, 3.8) is 0 Å². The molecule has 0 unspecified atom stereocenters. The number of fused-ring (bicyclic) bond motifs is 1. The number of anilines is 2. The third-order valence-electron chi connectivity index (χ3n) is 5.02. The number of methoxy groups -OCH3 is 2. The zero-order chi connectivity index (χ0) is 20.9. The van der Waals surface area contributed by atoms with Gasteiger partial charge in [-0.1, -0.05) is 24.3 Å². The molecule has 7 nitrogen and oxygen atoms in total. The van der Waals surface area contributed by atoms with Crippen LogP contribution in [0.1, 0.15) is 16.8 Å². The number of aromatic nitrogens is 1. The summed E-state index contributed by atoms with van der Waals surface area (Å²) in [5.74, 6) is 1.18. The molecule has 0 spiro atoms. The maximum absolute atomic E-state index is 12.4. The molecule has 0 saturated heterocycles. The Morgan fingerprint density at radius 2 is 1.97 bits per heavy atom. The average molecular weight is 425 g/mol. The van der Waals surface area contributed by atoms with E-state index in [0.717, 1.165) is 31.7 Å². The van der Waals surface area contributed by atoms with E-state index in [1.807, 2.05) is 5.38 Å². The Morgan fingerprint density at radius 1 is 1.13 bits per heavy atom. The van der Waals surface area contributed by atoms with Crippen molar-refractivity contribution in [1.29, 1.82) is 0 Å². The van der Waals surface area contributed by atoms with E-state index >= 15 is 0 Å². The van der Waals surface area contributed by atoms with Crippen LogP contribution in [0.15, 0.2) is 47.8 Å². The van der Waals surface area contributed by atoms with Gasteiger partial charge in [0.15, 0.2) is 5.13 Å². The fraction of sp³-hybridized carbons (Fsp3) is 0.273. The van der Waals surface area contributed by atoms with Crippen LogP contribution in [0, 0.1) is 0 Å². The SMILES string of the molecule is COc1ccc(NC(=O)Nc2nc(CN3CCc4ccccc4C3)cs2)c(OC)c1. The zero-order valence-corrected chi connectivity index (χ0v) is 17.8. The van der Waals surface area contributed by atoms with E-state index in [1.165, 1.54) is 22.5 Å². The fourth-order valence-electron chi connectivity index (χ4n) is 3.51. The van der Waals surface area contributed by atoms with Crippen LogP contribution in [-0.2, 0) is 19.5 Å². The van der Waals surface area contributed by atoms with E-state index in [4.69, 9.17) is 9.47 Å². The van der Waals surface area contributed by atoms with Crippen molar-refractivity contribution in [3.05, 3.63) is 64.7 Å². The van der Waals surface area contributed by atoms with Gasteiger partial charge in [0.1, 0.15) is 11.5 Å². The number of hydrogen-bond acceptors (Lipinski definition) is 6. The number of carbonyl (C=O) groups excluding carboxylic acids is 1. The molecular formula is C22H24N4O3S. The molecule has 2 aromatic carbocycles. The van der Waals surface area contributed by atoms with E-state index in [0.29, 0.717) is 22.3 Å². The highest BCUT2D eigenvalue weighted by atomic mass is 32.1. The molecule has 2 amide bonds. The lowest BCUT2D eigenvalue weighted by Gasteiger charge is -2.27. The zero-order valence-electron chi connectivity index (χ0n) is 17.0. The van der Waals surface area contributed by atoms with Gasteiger partial charge in [-0.05, 0) is 29.7 Å². The summed E-state index contributed by atoms with van der Waals surface area (Å²) in [4.78, 5) is 19.3. The Bertz CT molecular complexity index is 1040. The lowest BCUT2D eigenvalue weighted by molar-refractivity contribution is 0.243. The normalized spacial score (nSPS) is 13.4. The minimum Gasteiger partial charge on any atom is -0.497 e. The van der Waals surface area contributed by atoms with Crippen LogP contribution in [0.2, 0.25) is 0 Å². The number of hydrogen-bond donors (Lipinski definition) is 2. The molecule has 0 saturated carbocycles. The average Bonchev–Trinajstić information content (AvgIpc) is 3.20. The van der Waals surface area contributed by atoms with Crippen molar-refractivity contribution in [2.24, 2.45) is 0 Å². The molecule has 1 aliphatic heterocycles. The predicted molar refractivity (Wildman–Crippen MR) is 119 cm³/mol. The number of ether oxygens (including phenoxy) is 2. The number of amides is 2. The van der Waals surface area contributed by atoms with Crippen LogP contribution in [0.4, 0.5) is 15.6 Å². The summed E-state index contributed by atoms with van der Waals surface area (Å²) in [6.07, 6.45) is 1.05. The van der Waals surface area contributed by atoms with Crippen LogP contribution < -0.4 is 20.1 Å². The summed E-state index contributed by atoms with van der Waals surface area (Å²) < 4.78 is 10.5. The Hall–Kier alpha value is -3.10. The van der Waals surface area contributed by atoms with E-state index in [-0.39, 0.29) is 6.03 Å². The van der Waals surface area contributed by atoms with Gasteiger partial charge in [-0.2, -0.15) is 0 Å². The molecule has 0 radical (unpaired) electrons. The van der Waals surface area contributed by atoms with Gasteiger partial charge in [0.25, 0.3) is 0 Å². The van der Waals surface area contributed by atoms with Crippen LogP contribution in [0.3, 0.4) is 0 Å². The van der Waals surface area contributed by atoms with Crippen LogP contribution in [0.25, 0.3) is 0 Å². The minimum absolute atomic E-state index is 0.369. The second-order valence-corrected chi connectivity index (χ2v) is 7.88. The standard InChI is InChI=1S/C22H24N4O3S/c1-28-18-7-8-19(20(11-18)29-2)24-21(27)25-22-23-17(14-30-22)13-26-10-9-15-5-3-4-6-16(15)12-26/h3-8,11,14H,9-10,12-13H2,1-2H3,(H2,23,24,25,27). The Morgan fingerprint density at radius 3 is 2.77 bits per heavy atom. The summed E-state index contributed by atoms with van der Waals surface area (Å²) >= 11 is 1.42. The first-order valence-corrected chi connectivity index (χ1v) is 10.6. The molecule has 8 heteroatoms. The number of rotatable bonds is 6. The monoisotopic (exact) mass is 424 g/mol. The lowest BCUT2D eigenvalue weighted by atomic mass is 10.00. The molecule has 1 aromatic heterocycles. The smallest absolute Gasteiger partial charge is 0.325 e. The first-order chi connectivity index (χ1) is 14.6. The summed E-state index contributed by atoms with van der Waals surface area (Å²) in [5.41, 5.74) is 4.32. The fourth-order valence-corrected chi connectivity index (χ4v) is 4.20. The highest BCUT2D eigenvalue weighted by Crippen LogP contribution is 2.29. The Balaban J connectivity index is 1.34. The first kappa shape index (κ1) is 20.2. The number of urea groups is 1. The maximum atomic E-state index is 12.4. The van der Waals surface area contributed by atoms with E-state index in [2.05, 4.69) is 44.8 Å². The quantitative estimate of drug-likeness (QED) is 0.615. The summed E-state index contributed by atoms with van der Waals surface area (Å²) in [6.45, 7) is 2.70. The van der Waals surface area contributed by atoms with Crippen LogP contribution >= 0.6 is 11.3 Å². The van der Waals surface area contributed by atoms with Gasteiger partial charge >= 0.3 is 6.03 Å². The molecule has 4 rings (SSSR count). The first-order valence-electron chi connectivity index (χ1n) is 9.68. The van der Waals surface area contributed by atoms with Gasteiger partial charge in [-0.3, -0.25) is 10.2 Å². The molecular weight excluding hydrogens is 400 g/mol. The van der Waals surface area contributed by atoms with Gasteiger partial charge in [0.2, 0.25) is 0 Å². The molecule has 3 aromatic rings. The molecule has 0 aliphatic carbocycles. The second-order valence-electron chi connectivity index (χ2n) is 7.02. The van der Waals surface area contributed by atoms with Crippen molar-refractivity contribution < 1.29 is 14.3 Å². The van der Waals surface area contributed by atoms with E-state index in [9.17, 15) is 4.79 Å². The molecule has 0 atom stereocenters. The molecule has 156 valence electrons. The highest BCUT2D eigenvalue weighted by Gasteiger charge is 2.17. The van der Waals surface area contributed by atoms with Gasteiger partial charge < -0.3 is 14.8 Å². The van der Waals surface area contributed by atoms with Crippen molar-refractivity contribution >= 4 is 28.2 Å². The largest absolute Gasteiger partial charge is 0.497 e. The lowest BCUT2D eigenvalue weighted by Crippen LogP contribution is -2.30. The highest BCUT2D eigenvalue weighted by molar-refractivity contribution is 7.13. The van der Waals surface area contributed by atoms with Gasteiger partial charge in [0, 0.05) is 31.1 Å². The van der Waals surface area contributed by atoms with E-state index < -0.39 is 0 Å². The number of thiazole rings is 1. The second kappa shape index (κ2) is 9.15. The van der Waals surface area contributed by atoms with Gasteiger partial charge in [0.05, 0.1) is 25.6 Å². The summed E-state index contributed by atoms with van der Waals surface area (Å²) in [5, 5.41) is 8.14. The molecule has 0 fully saturated rings. The number of nitrogens with one attached hydrogen (secondary N) is 2.